The van der Waals surface area contributed by atoms with E-state index >= 15 is 0 Å². The number of amides is 2. The molecule has 8 heteroatoms. The molecule has 0 aliphatic carbocycles. The Hall–Kier alpha value is -2.77. The van der Waals surface area contributed by atoms with Gasteiger partial charge in [0, 0.05) is 38.3 Å². The second-order valence-corrected chi connectivity index (χ2v) is 7.87. The molecule has 3 N–H and O–H groups in total. The van der Waals surface area contributed by atoms with Crippen LogP contribution in [0.25, 0.3) is 0 Å². The van der Waals surface area contributed by atoms with Crippen LogP contribution in [0.15, 0.2) is 29.3 Å². The molecule has 0 bridgehead atoms. The first kappa shape index (κ1) is 22.5. The van der Waals surface area contributed by atoms with Gasteiger partial charge in [-0.1, -0.05) is 12.1 Å². The number of aliphatic imine (C=N–C) groups is 1. The SMILES string of the molecule is CCNC(=NCc1ccc(N2CCCC2=O)cc1)NCCNC(=O)OC(C)(C)C. The third kappa shape index (κ3) is 8.01. The second-order valence-electron chi connectivity index (χ2n) is 7.87. The summed E-state index contributed by atoms with van der Waals surface area (Å²) in [5, 5.41) is 9.08. The lowest BCUT2D eigenvalue weighted by molar-refractivity contribution is -0.117. The van der Waals surface area contributed by atoms with Crippen molar-refractivity contribution < 1.29 is 14.3 Å². The van der Waals surface area contributed by atoms with E-state index < -0.39 is 11.7 Å². The van der Waals surface area contributed by atoms with Crippen molar-refractivity contribution in [3.8, 4) is 0 Å². The minimum atomic E-state index is -0.508. The number of carbonyl (C=O) groups is 2. The lowest BCUT2D eigenvalue weighted by Gasteiger charge is -2.20. The summed E-state index contributed by atoms with van der Waals surface area (Å²) in [7, 11) is 0. The predicted octanol–water partition coefficient (Wildman–Crippen LogP) is 2.39. The maximum absolute atomic E-state index is 11.8. The molecule has 1 aliphatic heterocycles. The molecule has 0 spiro atoms. The van der Waals surface area contributed by atoms with Crippen LogP contribution in [0, 0.1) is 0 Å². The van der Waals surface area contributed by atoms with Crippen LogP contribution in [-0.4, -0.2) is 49.7 Å². The minimum Gasteiger partial charge on any atom is -0.444 e. The van der Waals surface area contributed by atoms with Crippen molar-refractivity contribution in [2.24, 2.45) is 4.99 Å². The summed E-state index contributed by atoms with van der Waals surface area (Å²) in [5.74, 6) is 0.867. The first-order chi connectivity index (χ1) is 13.8. The van der Waals surface area contributed by atoms with Crippen molar-refractivity contribution in [3.63, 3.8) is 0 Å². The number of ether oxygens (including phenoxy) is 1. The molecule has 1 aliphatic rings. The lowest BCUT2D eigenvalue weighted by atomic mass is 10.2. The Labute approximate surface area is 173 Å². The van der Waals surface area contributed by atoms with Gasteiger partial charge in [-0.25, -0.2) is 9.79 Å². The highest BCUT2D eigenvalue weighted by atomic mass is 16.6. The van der Waals surface area contributed by atoms with Crippen LogP contribution in [0.2, 0.25) is 0 Å². The summed E-state index contributed by atoms with van der Waals surface area (Å²) in [6, 6.07) is 7.94. The monoisotopic (exact) mass is 403 g/mol. The number of hydrogen-bond acceptors (Lipinski definition) is 4. The van der Waals surface area contributed by atoms with Crippen LogP contribution in [0.5, 0.6) is 0 Å². The first-order valence-corrected chi connectivity index (χ1v) is 10.2. The Kier molecular flexibility index (Phi) is 8.30. The van der Waals surface area contributed by atoms with Crippen LogP contribution in [0.4, 0.5) is 10.5 Å². The summed E-state index contributed by atoms with van der Waals surface area (Å²) >= 11 is 0. The smallest absolute Gasteiger partial charge is 0.407 e. The number of anilines is 1. The summed E-state index contributed by atoms with van der Waals surface area (Å²) in [5.41, 5.74) is 1.49. The zero-order valence-corrected chi connectivity index (χ0v) is 17.9. The minimum absolute atomic E-state index is 0.189. The average molecular weight is 404 g/mol. The van der Waals surface area contributed by atoms with E-state index in [2.05, 4.69) is 20.9 Å². The molecule has 0 atom stereocenters. The number of benzene rings is 1. The van der Waals surface area contributed by atoms with E-state index in [9.17, 15) is 9.59 Å². The number of guanidine groups is 1. The largest absolute Gasteiger partial charge is 0.444 e. The van der Waals surface area contributed by atoms with Gasteiger partial charge in [-0.2, -0.15) is 0 Å². The van der Waals surface area contributed by atoms with Gasteiger partial charge in [0.25, 0.3) is 0 Å². The molecule has 0 unspecified atom stereocenters. The zero-order chi connectivity index (χ0) is 21.3. The molecule has 0 radical (unpaired) electrons. The number of alkyl carbamates (subject to hydrolysis) is 1. The maximum atomic E-state index is 11.8. The van der Waals surface area contributed by atoms with Crippen LogP contribution in [0.3, 0.4) is 0 Å². The van der Waals surface area contributed by atoms with Crippen molar-refractivity contribution in [1.82, 2.24) is 16.0 Å². The molecule has 0 aromatic heterocycles. The van der Waals surface area contributed by atoms with Crippen molar-refractivity contribution in [2.75, 3.05) is 31.1 Å². The van der Waals surface area contributed by atoms with Gasteiger partial charge in [0.15, 0.2) is 5.96 Å². The van der Waals surface area contributed by atoms with Gasteiger partial charge in [-0.3, -0.25) is 4.79 Å². The van der Waals surface area contributed by atoms with Crippen molar-refractivity contribution in [3.05, 3.63) is 29.8 Å². The summed E-state index contributed by atoms with van der Waals surface area (Å²) in [4.78, 5) is 29.9. The van der Waals surface area contributed by atoms with E-state index in [1.165, 1.54) is 0 Å². The van der Waals surface area contributed by atoms with Gasteiger partial charge in [0.1, 0.15) is 5.60 Å². The molecule has 29 heavy (non-hydrogen) atoms. The third-order valence-electron chi connectivity index (χ3n) is 4.17. The molecule has 1 saturated heterocycles. The van der Waals surface area contributed by atoms with E-state index in [0.29, 0.717) is 32.0 Å². The molecule has 8 nitrogen and oxygen atoms in total. The van der Waals surface area contributed by atoms with E-state index in [4.69, 9.17) is 4.74 Å². The second kappa shape index (κ2) is 10.7. The molecule has 1 fully saturated rings. The number of nitrogens with zero attached hydrogens (tertiary/aromatic N) is 2. The van der Waals surface area contributed by atoms with Gasteiger partial charge >= 0.3 is 6.09 Å². The molecule has 1 aromatic carbocycles. The summed E-state index contributed by atoms with van der Waals surface area (Å²) in [6.07, 6.45) is 1.12. The fraction of sp³-hybridized carbons (Fsp3) is 0.571. The van der Waals surface area contributed by atoms with Gasteiger partial charge in [0.05, 0.1) is 6.54 Å². The van der Waals surface area contributed by atoms with Gasteiger partial charge < -0.3 is 25.6 Å². The fourth-order valence-electron chi connectivity index (χ4n) is 2.87. The fourth-order valence-corrected chi connectivity index (χ4v) is 2.87. The summed E-state index contributed by atoms with van der Waals surface area (Å²) in [6.45, 7) is 10.5. The quantitative estimate of drug-likeness (QED) is 0.369. The Bertz CT molecular complexity index is 710. The topological polar surface area (TPSA) is 95.1 Å². The van der Waals surface area contributed by atoms with E-state index in [-0.39, 0.29) is 5.91 Å². The Balaban J connectivity index is 1.80. The number of rotatable bonds is 7. The van der Waals surface area contributed by atoms with Crippen molar-refractivity contribution in [1.29, 1.82) is 0 Å². The van der Waals surface area contributed by atoms with Crippen LogP contribution in [0.1, 0.15) is 46.1 Å². The number of carbonyl (C=O) groups excluding carboxylic acids is 2. The maximum Gasteiger partial charge on any atom is 0.407 e. The van der Waals surface area contributed by atoms with Crippen molar-refractivity contribution in [2.45, 2.75) is 52.7 Å². The number of hydrogen-bond donors (Lipinski definition) is 3. The zero-order valence-electron chi connectivity index (χ0n) is 17.9. The van der Waals surface area contributed by atoms with E-state index in [0.717, 1.165) is 30.8 Å². The Morgan fingerprint density at radius 1 is 1.14 bits per heavy atom. The van der Waals surface area contributed by atoms with Crippen LogP contribution >= 0.6 is 0 Å². The molecule has 160 valence electrons. The molecule has 2 amide bonds. The molecule has 2 rings (SSSR count). The third-order valence-corrected chi connectivity index (χ3v) is 4.17. The van der Waals surface area contributed by atoms with Gasteiger partial charge in [-0.05, 0) is 51.8 Å². The molecule has 0 saturated carbocycles. The first-order valence-electron chi connectivity index (χ1n) is 10.2. The standard InChI is InChI=1S/C21H33N5O3/c1-5-22-19(23-12-13-24-20(28)29-21(2,3)4)25-15-16-8-10-17(11-9-16)26-14-6-7-18(26)27/h8-11H,5-7,12-15H2,1-4H3,(H,24,28)(H2,22,23,25). The van der Waals surface area contributed by atoms with Gasteiger partial charge in [-0.15, -0.1) is 0 Å². The Morgan fingerprint density at radius 3 is 2.41 bits per heavy atom. The molecular weight excluding hydrogens is 370 g/mol. The van der Waals surface area contributed by atoms with Crippen LogP contribution in [-0.2, 0) is 16.1 Å². The molecular formula is C21H33N5O3. The summed E-state index contributed by atoms with van der Waals surface area (Å²) < 4.78 is 5.20. The van der Waals surface area contributed by atoms with E-state index in [1.807, 2.05) is 56.9 Å². The molecule has 1 heterocycles. The average Bonchev–Trinajstić information content (AvgIpc) is 3.08. The van der Waals surface area contributed by atoms with E-state index in [1.54, 1.807) is 0 Å². The van der Waals surface area contributed by atoms with Gasteiger partial charge in [0.2, 0.25) is 5.91 Å². The lowest BCUT2D eigenvalue weighted by Crippen LogP contribution is -2.42. The van der Waals surface area contributed by atoms with Crippen LogP contribution < -0.4 is 20.9 Å². The highest BCUT2D eigenvalue weighted by Crippen LogP contribution is 2.21. The number of nitrogens with one attached hydrogen (secondary N) is 3. The predicted molar refractivity (Wildman–Crippen MR) is 115 cm³/mol. The Morgan fingerprint density at radius 2 is 1.83 bits per heavy atom. The highest BCUT2D eigenvalue weighted by Gasteiger charge is 2.21. The molecule has 1 aromatic rings. The van der Waals surface area contributed by atoms with Crippen molar-refractivity contribution >= 4 is 23.6 Å². The highest BCUT2D eigenvalue weighted by molar-refractivity contribution is 5.95. The normalized spacial score (nSPS) is 14.7.